The van der Waals surface area contributed by atoms with E-state index in [0.717, 1.165) is 24.0 Å². The molecule has 1 fully saturated rings. The van der Waals surface area contributed by atoms with Gasteiger partial charge in [-0.1, -0.05) is 35.5 Å². The van der Waals surface area contributed by atoms with Crippen molar-refractivity contribution in [2.45, 2.75) is 58.2 Å². The average molecular weight is 464 g/mol. The second kappa shape index (κ2) is 10.5. The summed E-state index contributed by atoms with van der Waals surface area (Å²) in [5.41, 5.74) is 3.04. The van der Waals surface area contributed by atoms with Gasteiger partial charge in [0.25, 0.3) is 0 Å². The van der Waals surface area contributed by atoms with Gasteiger partial charge in [-0.15, -0.1) is 0 Å². The normalized spacial score (nSPS) is 18.8. The minimum absolute atomic E-state index is 0.0543. The van der Waals surface area contributed by atoms with Gasteiger partial charge in [-0.05, 0) is 69.4 Å². The monoisotopic (exact) mass is 463 g/mol. The van der Waals surface area contributed by atoms with E-state index in [1.54, 1.807) is 6.92 Å². The number of ether oxygens (including phenoxy) is 2. The molecule has 0 aliphatic heterocycles. The molecule has 0 spiro atoms. The summed E-state index contributed by atoms with van der Waals surface area (Å²) in [4.78, 5) is 23.9. The molecule has 1 saturated carbocycles. The third-order valence-corrected chi connectivity index (χ3v) is 6.28. The first-order valence-electron chi connectivity index (χ1n) is 11.6. The molecule has 0 unspecified atom stereocenters. The minimum Gasteiger partial charge on any atom is -0.490 e. The van der Waals surface area contributed by atoms with Crippen molar-refractivity contribution in [1.82, 2.24) is 5.16 Å². The first-order chi connectivity index (χ1) is 16.4. The fraction of sp³-hybridized carbons (Fsp3) is 0.370. The van der Waals surface area contributed by atoms with Crippen LogP contribution in [0.3, 0.4) is 0 Å². The van der Waals surface area contributed by atoms with E-state index in [1.807, 2.05) is 61.5 Å². The Morgan fingerprint density at radius 3 is 2.56 bits per heavy atom. The fourth-order valence-electron chi connectivity index (χ4n) is 4.35. The summed E-state index contributed by atoms with van der Waals surface area (Å²) in [6, 6.07) is 17.0. The molecule has 0 bridgehead atoms. The first kappa shape index (κ1) is 23.5. The van der Waals surface area contributed by atoms with E-state index < -0.39 is 5.97 Å². The van der Waals surface area contributed by atoms with Crippen LogP contribution < -0.4 is 4.74 Å². The highest BCUT2D eigenvalue weighted by atomic mass is 16.5. The number of nitrogens with zero attached hydrogens (tertiary/aromatic N) is 1. The Balaban J connectivity index is 1.41. The molecule has 0 saturated heterocycles. The SMILES string of the molecule is Cc1noc(-c2ccc(O[C@H]3CCC[C@H](C(=O)O)C3)cc2)c1CC(=O)O[C@H](C)c1ccccc1. The Morgan fingerprint density at radius 1 is 1.12 bits per heavy atom. The second-order valence-electron chi connectivity index (χ2n) is 8.76. The van der Waals surface area contributed by atoms with Crippen LogP contribution in [0.15, 0.2) is 59.1 Å². The van der Waals surface area contributed by atoms with Crippen molar-refractivity contribution in [3.05, 3.63) is 71.4 Å². The lowest BCUT2D eigenvalue weighted by Crippen LogP contribution is -2.29. The molecule has 1 aliphatic rings. The molecular formula is C27H29NO6. The number of hydrogen-bond donors (Lipinski definition) is 1. The fourth-order valence-corrected chi connectivity index (χ4v) is 4.35. The maximum atomic E-state index is 12.6. The Morgan fingerprint density at radius 2 is 1.85 bits per heavy atom. The number of carbonyl (C=O) groups is 2. The number of carboxylic acids is 1. The van der Waals surface area contributed by atoms with E-state index in [2.05, 4.69) is 5.16 Å². The van der Waals surface area contributed by atoms with Crippen LogP contribution in [0.4, 0.5) is 0 Å². The zero-order valence-electron chi connectivity index (χ0n) is 19.4. The molecule has 1 aliphatic carbocycles. The number of aromatic nitrogens is 1. The zero-order valence-corrected chi connectivity index (χ0v) is 19.4. The van der Waals surface area contributed by atoms with Gasteiger partial charge >= 0.3 is 11.9 Å². The van der Waals surface area contributed by atoms with Crippen LogP contribution in [0.25, 0.3) is 11.3 Å². The topological polar surface area (TPSA) is 98.9 Å². The Bertz CT molecular complexity index is 1120. The molecule has 0 radical (unpaired) electrons. The van der Waals surface area contributed by atoms with Crippen LogP contribution in [0.2, 0.25) is 0 Å². The molecule has 2 aromatic carbocycles. The highest BCUT2D eigenvalue weighted by molar-refractivity contribution is 5.77. The number of benzene rings is 2. The molecule has 1 aromatic heterocycles. The lowest BCUT2D eigenvalue weighted by Gasteiger charge is -2.27. The van der Waals surface area contributed by atoms with Crippen molar-refractivity contribution >= 4 is 11.9 Å². The number of aryl methyl sites for hydroxylation is 1. The Kier molecular flexibility index (Phi) is 7.30. The number of hydrogen-bond acceptors (Lipinski definition) is 6. The van der Waals surface area contributed by atoms with Crippen molar-refractivity contribution in [2.75, 3.05) is 0 Å². The minimum atomic E-state index is -0.756. The van der Waals surface area contributed by atoms with Crippen molar-refractivity contribution < 1.29 is 28.7 Å². The predicted molar refractivity (Wildman–Crippen MR) is 125 cm³/mol. The number of rotatable bonds is 8. The largest absolute Gasteiger partial charge is 0.490 e. The molecule has 0 amide bonds. The lowest BCUT2D eigenvalue weighted by molar-refractivity contribution is -0.148. The summed E-state index contributed by atoms with van der Waals surface area (Å²) >= 11 is 0. The Labute approximate surface area is 198 Å². The van der Waals surface area contributed by atoms with Crippen LogP contribution in [0.1, 0.15) is 55.5 Å². The third kappa shape index (κ3) is 5.65. The molecule has 3 aromatic rings. The zero-order chi connectivity index (χ0) is 24.1. The van der Waals surface area contributed by atoms with Crippen LogP contribution >= 0.6 is 0 Å². The van der Waals surface area contributed by atoms with E-state index in [0.29, 0.717) is 35.6 Å². The van der Waals surface area contributed by atoms with Gasteiger partial charge in [0.1, 0.15) is 11.9 Å². The summed E-state index contributed by atoms with van der Waals surface area (Å²) < 4.78 is 17.2. The van der Waals surface area contributed by atoms with E-state index in [9.17, 15) is 14.7 Å². The van der Waals surface area contributed by atoms with E-state index in [-0.39, 0.29) is 30.5 Å². The van der Waals surface area contributed by atoms with Crippen LogP contribution in [0, 0.1) is 12.8 Å². The number of esters is 1. The van der Waals surface area contributed by atoms with Crippen molar-refractivity contribution in [1.29, 1.82) is 0 Å². The van der Waals surface area contributed by atoms with Crippen molar-refractivity contribution in [3.8, 4) is 17.1 Å². The smallest absolute Gasteiger partial charge is 0.311 e. The van der Waals surface area contributed by atoms with E-state index >= 15 is 0 Å². The summed E-state index contributed by atoms with van der Waals surface area (Å²) in [6.45, 7) is 3.65. The average Bonchev–Trinajstić information content (AvgIpc) is 3.20. The van der Waals surface area contributed by atoms with Gasteiger partial charge in [0.15, 0.2) is 5.76 Å². The molecule has 7 heteroatoms. The van der Waals surface area contributed by atoms with Gasteiger partial charge in [0.05, 0.1) is 24.1 Å². The van der Waals surface area contributed by atoms with Gasteiger partial charge < -0.3 is 19.1 Å². The van der Waals surface area contributed by atoms with E-state index in [4.69, 9.17) is 14.0 Å². The van der Waals surface area contributed by atoms with Crippen LogP contribution in [0.5, 0.6) is 5.75 Å². The second-order valence-corrected chi connectivity index (χ2v) is 8.76. The number of aliphatic carboxylic acids is 1. The summed E-state index contributed by atoms with van der Waals surface area (Å²) in [6.07, 6.45) is 2.51. The standard InChI is InChI=1S/C27H29NO6/c1-17-24(16-25(29)32-18(2)19-7-4-3-5-8-19)26(34-28-17)20-11-13-22(14-12-20)33-23-10-6-9-21(15-23)27(30)31/h3-5,7-8,11-14,18,21,23H,6,9-10,15-16H2,1-2H3,(H,30,31)/t18-,21+,23+/m1/s1. The van der Waals surface area contributed by atoms with Gasteiger partial charge in [-0.3, -0.25) is 9.59 Å². The first-order valence-corrected chi connectivity index (χ1v) is 11.6. The molecule has 4 rings (SSSR count). The number of carboxylic acid groups (broad SMARTS) is 1. The molecule has 178 valence electrons. The van der Waals surface area contributed by atoms with Gasteiger partial charge in [-0.2, -0.15) is 0 Å². The predicted octanol–water partition coefficient (Wildman–Crippen LogP) is 5.52. The number of carbonyl (C=O) groups excluding carboxylic acids is 1. The molecule has 34 heavy (non-hydrogen) atoms. The van der Waals surface area contributed by atoms with Gasteiger partial charge in [-0.25, -0.2) is 0 Å². The summed E-state index contributed by atoms with van der Waals surface area (Å²) in [5, 5.41) is 13.3. The summed E-state index contributed by atoms with van der Waals surface area (Å²) in [5.74, 6) is -0.254. The van der Waals surface area contributed by atoms with Crippen LogP contribution in [-0.4, -0.2) is 28.3 Å². The van der Waals surface area contributed by atoms with Crippen LogP contribution in [-0.2, 0) is 20.7 Å². The maximum absolute atomic E-state index is 12.6. The highest BCUT2D eigenvalue weighted by Gasteiger charge is 2.28. The highest BCUT2D eigenvalue weighted by Crippen LogP contribution is 2.31. The molecule has 1 heterocycles. The lowest BCUT2D eigenvalue weighted by atomic mass is 9.87. The van der Waals surface area contributed by atoms with Crippen molar-refractivity contribution in [3.63, 3.8) is 0 Å². The quantitative estimate of drug-likeness (QED) is 0.439. The molecule has 3 atom stereocenters. The van der Waals surface area contributed by atoms with Crippen molar-refractivity contribution in [2.24, 2.45) is 5.92 Å². The molecular weight excluding hydrogens is 434 g/mol. The van der Waals surface area contributed by atoms with E-state index in [1.165, 1.54) is 0 Å². The third-order valence-electron chi connectivity index (χ3n) is 6.28. The summed E-state index contributed by atoms with van der Waals surface area (Å²) in [7, 11) is 0. The maximum Gasteiger partial charge on any atom is 0.311 e. The Hall–Kier alpha value is -3.61. The molecule has 1 N–H and O–H groups in total. The van der Waals surface area contributed by atoms with Gasteiger partial charge in [0, 0.05) is 11.1 Å². The molecule has 7 nitrogen and oxygen atoms in total. The van der Waals surface area contributed by atoms with Gasteiger partial charge in [0.2, 0.25) is 0 Å².